The Bertz CT molecular complexity index is 2530. The zero-order chi connectivity index (χ0) is 48.1. The van der Waals surface area contributed by atoms with Crippen molar-refractivity contribution in [2.24, 2.45) is 0 Å². The van der Waals surface area contributed by atoms with Crippen LogP contribution in [0, 0.1) is 6.92 Å². The molecule has 2 amide bonds. The van der Waals surface area contributed by atoms with Crippen molar-refractivity contribution >= 4 is 12.2 Å². The number of hydrogen-bond donors (Lipinski definition) is 0. The number of ether oxygens (including phenoxy) is 2. The fraction of sp³-hybridized carbons (Fsp3) is 0.314. The summed E-state index contributed by atoms with van der Waals surface area (Å²) >= 11 is 0. The number of aryl methyl sites for hydroxylation is 1. The Morgan fingerprint density at radius 1 is 0.544 bits per heavy atom. The van der Waals surface area contributed by atoms with Crippen LogP contribution in [0.1, 0.15) is 50.5 Å². The molecular weight excluding hydrogens is 889 g/mol. The van der Waals surface area contributed by atoms with Crippen LogP contribution in [0.4, 0.5) is 35.9 Å². The lowest BCUT2D eigenvalue weighted by atomic mass is 10.0. The van der Waals surface area contributed by atoms with Crippen molar-refractivity contribution in [1.82, 2.24) is 34.6 Å². The minimum absolute atomic E-state index is 0.375. The first-order valence-electron chi connectivity index (χ1n) is 22.2. The number of hydrogen-bond acceptors (Lipinski definition) is 9. The Balaban J connectivity index is 0.000000202. The van der Waals surface area contributed by atoms with Crippen molar-refractivity contribution in [3.63, 3.8) is 0 Å². The number of halogens is 6. The number of piperazine rings is 2. The number of pyridine rings is 1. The second kappa shape index (κ2) is 22.8. The Morgan fingerprint density at radius 3 is 1.40 bits per heavy atom. The average Bonchev–Trinajstić information content (AvgIpc) is 3.33. The van der Waals surface area contributed by atoms with Crippen LogP contribution in [0.3, 0.4) is 0 Å². The average molecular weight is 940 g/mol. The van der Waals surface area contributed by atoms with Gasteiger partial charge in [-0.2, -0.15) is 26.3 Å². The van der Waals surface area contributed by atoms with Gasteiger partial charge in [-0.05, 0) is 103 Å². The predicted molar refractivity (Wildman–Crippen MR) is 243 cm³/mol. The van der Waals surface area contributed by atoms with Crippen LogP contribution in [0.15, 0.2) is 134 Å². The van der Waals surface area contributed by atoms with E-state index in [-0.39, 0.29) is 6.09 Å². The molecule has 0 radical (unpaired) electrons. The van der Waals surface area contributed by atoms with E-state index in [4.69, 9.17) is 9.47 Å². The van der Waals surface area contributed by atoms with Crippen molar-refractivity contribution in [2.75, 3.05) is 58.9 Å². The monoisotopic (exact) mass is 939 g/mol. The molecule has 68 heavy (non-hydrogen) atoms. The number of carbonyl (C=O) groups excluding carboxylic acids is 2. The lowest BCUT2D eigenvalue weighted by Gasteiger charge is -2.33. The molecule has 2 fully saturated rings. The summed E-state index contributed by atoms with van der Waals surface area (Å²) in [6, 6.07) is 30.3. The third kappa shape index (κ3) is 14.8. The summed E-state index contributed by atoms with van der Waals surface area (Å²) in [7, 11) is 0. The molecule has 0 unspecified atom stereocenters. The van der Waals surface area contributed by atoms with Gasteiger partial charge in [-0.25, -0.2) is 9.59 Å². The van der Waals surface area contributed by atoms with Gasteiger partial charge in [0.15, 0.2) is 0 Å². The summed E-state index contributed by atoms with van der Waals surface area (Å²) in [5.41, 5.74) is 5.04. The fourth-order valence-corrected chi connectivity index (χ4v) is 7.67. The Hall–Kier alpha value is -6.85. The molecule has 2 saturated heterocycles. The minimum atomic E-state index is -4.34. The molecule has 8 rings (SSSR count). The van der Waals surface area contributed by atoms with Crippen molar-refractivity contribution in [2.45, 2.75) is 45.1 Å². The molecule has 2 aliphatic rings. The molecule has 0 aliphatic carbocycles. The molecule has 0 atom stereocenters. The summed E-state index contributed by atoms with van der Waals surface area (Å²) in [4.78, 5) is 45.8. The first kappa shape index (κ1) is 49.1. The number of nitrogens with zero attached hydrogens (tertiary/aromatic N) is 7. The maximum absolute atomic E-state index is 12.7. The smallest absolute Gasteiger partial charge is 0.410 e. The van der Waals surface area contributed by atoms with E-state index in [0.29, 0.717) is 57.1 Å². The highest BCUT2D eigenvalue weighted by atomic mass is 19.4. The van der Waals surface area contributed by atoms with Crippen molar-refractivity contribution < 1.29 is 45.4 Å². The normalized spacial score (nSPS) is 14.8. The van der Waals surface area contributed by atoms with E-state index < -0.39 is 29.6 Å². The highest BCUT2D eigenvalue weighted by molar-refractivity contribution is 5.71. The molecule has 11 nitrogen and oxygen atoms in total. The third-order valence-electron chi connectivity index (χ3n) is 11.5. The number of carbonyl (C=O) groups is 2. The van der Waals surface area contributed by atoms with E-state index in [1.807, 2.05) is 37.3 Å². The standard InChI is InChI=1S/C27H28F3N3O2.C24H23F3N4O2/c1-20-3-2-4-24(31-20)13-14-32-15-17-33(18-16-32)26(34)35-25-11-7-22(8-12-25)19-21-5-9-23(10-6-21)27(28,29)30;25-24(26,27)20-5-1-18(2-6-20)15-19-3-7-22(8-4-19)33-23(32)31-13-11-30(12-14-31)17-21-16-28-9-10-29-21/h2-12H,13-19H2,1H3;1-10,16H,11-15,17H2. The van der Waals surface area contributed by atoms with Gasteiger partial charge in [-0.1, -0.05) is 54.6 Å². The van der Waals surface area contributed by atoms with E-state index >= 15 is 0 Å². The van der Waals surface area contributed by atoms with Gasteiger partial charge in [-0.3, -0.25) is 24.8 Å². The molecule has 4 aromatic carbocycles. The van der Waals surface area contributed by atoms with Gasteiger partial charge in [0.2, 0.25) is 0 Å². The van der Waals surface area contributed by atoms with Gasteiger partial charge in [0.05, 0.1) is 16.8 Å². The molecule has 2 aliphatic heterocycles. The number of aromatic nitrogens is 3. The molecule has 4 heterocycles. The molecule has 2 aromatic heterocycles. The summed E-state index contributed by atoms with van der Waals surface area (Å²) in [5, 5.41) is 0. The van der Waals surface area contributed by atoms with Crippen molar-refractivity contribution in [3.05, 3.63) is 184 Å². The molecule has 0 saturated carbocycles. The van der Waals surface area contributed by atoms with Crippen LogP contribution >= 0.6 is 0 Å². The van der Waals surface area contributed by atoms with Crippen LogP contribution in [-0.2, 0) is 38.2 Å². The molecule has 0 spiro atoms. The van der Waals surface area contributed by atoms with Crippen molar-refractivity contribution in [1.29, 1.82) is 0 Å². The number of rotatable bonds is 11. The maximum Gasteiger partial charge on any atom is 0.416 e. The summed E-state index contributed by atoms with van der Waals surface area (Å²) < 4.78 is 87.2. The predicted octanol–water partition coefficient (Wildman–Crippen LogP) is 9.76. The van der Waals surface area contributed by atoms with E-state index in [1.165, 1.54) is 24.3 Å². The van der Waals surface area contributed by atoms with Gasteiger partial charge < -0.3 is 19.3 Å². The molecule has 17 heteroatoms. The Labute approximate surface area is 391 Å². The van der Waals surface area contributed by atoms with Crippen LogP contribution in [0.25, 0.3) is 0 Å². The first-order chi connectivity index (χ1) is 32.6. The van der Waals surface area contributed by atoms with Gasteiger partial charge >= 0.3 is 24.5 Å². The highest BCUT2D eigenvalue weighted by Crippen LogP contribution is 2.31. The van der Waals surface area contributed by atoms with Crippen molar-refractivity contribution in [3.8, 4) is 11.5 Å². The van der Waals surface area contributed by atoms with E-state index in [1.54, 1.807) is 64.8 Å². The zero-order valence-electron chi connectivity index (χ0n) is 37.4. The molecule has 0 bridgehead atoms. The van der Waals surface area contributed by atoms with E-state index in [9.17, 15) is 35.9 Å². The summed E-state index contributed by atoms with van der Waals surface area (Å²) in [6.45, 7) is 8.92. The number of alkyl halides is 6. The zero-order valence-corrected chi connectivity index (χ0v) is 37.4. The summed E-state index contributed by atoms with van der Waals surface area (Å²) in [5.74, 6) is 0.872. The van der Waals surface area contributed by atoms with Crippen LogP contribution < -0.4 is 9.47 Å². The SMILES string of the molecule is Cc1cccc(CCN2CCN(C(=O)Oc3ccc(Cc4ccc(C(F)(F)F)cc4)cc3)CC2)n1.O=C(Oc1ccc(Cc2ccc(C(F)(F)F)cc2)cc1)N1CCN(Cc2cnccn2)CC1. The number of benzene rings is 4. The minimum Gasteiger partial charge on any atom is -0.410 e. The third-order valence-corrected chi connectivity index (χ3v) is 11.5. The number of amides is 2. The second-order valence-electron chi connectivity index (χ2n) is 16.6. The summed E-state index contributed by atoms with van der Waals surface area (Å²) in [6.07, 6.45) is -2.55. The van der Waals surface area contributed by atoms with Crippen LogP contribution in [0.5, 0.6) is 11.5 Å². The largest absolute Gasteiger partial charge is 0.416 e. The van der Waals surface area contributed by atoms with Gasteiger partial charge in [-0.15, -0.1) is 0 Å². The van der Waals surface area contributed by atoms with E-state index in [2.05, 4.69) is 24.8 Å². The van der Waals surface area contributed by atoms with Gasteiger partial charge in [0.25, 0.3) is 0 Å². The Kier molecular flexibility index (Phi) is 16.4. The fourth-order valence-electron chi connectivity index (χ4n) is 7.67. The highest BCUT2D eigenvalue weighted by Gasteiger charge is 2.31. The lowest BCUT2D eigenvalue weighted by Crippen LogP contribution is -2.49. The molecule has 6 aromatic rings. The maximum atomic E-state index is 12.7. The van der Waals surface area contributed by atoms with Gasteiger partial charge in [0.1, 0.15) is 11.5 Å². The first-order valence-corrected chi connectivity index (χ1v) is 22.2. The van der Waals surface area contributed by atoms with Gasteiger partial charge in [0, 0.05) is 102 Å². The topological polar surface area (TPSA) is 104 Å². The van der Waals surface area contributed by atoms with Crippen LogP contribution in [0.2, 0.25) is 0 Å². The van der Waals surface area contributed by atoms with E-state index in [0.717, 1.165) is 103 Å². The quantitative estimate of drug-likeness (QED) is 0.118. The molecular formula is C51H51F6N7O4. The Morgan fingerprint density at radius 2 is 0.985 bits per heavy atom. The van der Waals surface area contributed by atoms with Crippen LogP contribution in [-0.4, -0.2) is 106 Å². The second-order valence-corrected chi connectivity index (χ2v) is 16.6. The molecule has 356 valence electrons. The lowest BCUT2D eigenvalue weighted by molar-refractivity contribution is -0.138. The molecule has 0 N–H and O–H groups in total.